The van der Waals surface area contributed by atoms with Gasteiger partial charge in [-0.2, -0.15) is 0 Å². The van der Waals surface area contributed by atoms with Crippen LogP contribution in [0.15, 0.2) is 67.0 Å². The van der Waals surface area contributed by atoms with Crippen molar-refractivity contribution in [3.05, 3.63) is 83.7 Å². The number of ether oxygens (including phenoxy) is 2. The second kappa shape index (κ2) is 10.6. The second-order valence-corrected chi connectivity index (χ2v) is 7.80. The summed E-state index contributed by atoms with van der Waals surface area (Å²) in [5, 5.41) is 11.6. The van der Waals surface area contributed by atoms with Gasteiger partial charge in [-0.05, 0) is 53.4 Å². The Morgan fingerprint density at radius 2 is 1.91 bits per heavy atom. The molecule has 5 N–H and O–H groups in total. The van der Waals surface area contributed by atoms with E-state index in [4.69, 9.17) is 20.6 Å². The number of amides is 1. The molecule has 4 aromatic rings. The summed E-state index contributed by atoms with van der Waals surface area (Å²) in [5.41, 5.74) is 10.8. The van der Waals surface area contributed by atoms with Crippen molar-refractivity contribution in [3.8, 4) is 17.0 Å². The van der Waals surface area contributed by atoms with Crippen LogP contribution in [0.5, 0.6) is 5.88 Å². The number of aromatic nitrogens is 2. The van der Waals surface area contributed by atoms with Crippen molar-refractivity contribution < 1.29 is 14.3 Å². The second-order valence-electron chi connectivity index (χ2n) is 7.80. The minimum atomic E-state index is -0.128. The number of H-pyrrole nitrogens is 1. The Labute approximate surface area is 197 Å². The number of benzene rings is 2. The molecule has 0 aliphatic heterocycles. The number of carbonyl (C=O) groups is 1. The van der Waals surface area contributed by atoms with Crippen molar-refractivity contribution >= 4 is 22.6 Å². The van der Waals surface area contributed by atoms with Gasteiger partial charge in [-0.15, -0.1) is 0 Å². The molecule has 0 unspecified atom stereocenters. The summed E-state index contributed by atoms with van der Waals surface area (Å²) in [6.45, 7) is 1.43. The number of nitrogen functional groups attached to an aromatic ring is 1. The molecule has 8 heteroatoms. The molecule has 0 saturated carbocycles. The molecular weight excluding hydrogens is 430 g/mol. The highest BCUT2D eigenvalue weighted by atomic mass is 16.5. The first-order chi connectivity index (χ1) is 16.5. The zero-order valence-electron chi connectivity index (χ0n) is 18.9. The molecule has 4 rings (SSSR count). The number of hydrogen-bond donors (Lipinski definition) is 4. The molecule has 174 valence electrons. The summed E-state index contributed by atoms with van der Waals surface area (Å²) in [6.07, 6.45) is 4.11. The van der Waals surface area contributed by atoms with Gasteiger partial charge >= 0.3 is 0 Å². The van der Waals surface area contributed by atoms with E-state index in [1.165, 1.54) is 0 Å². The molecule has 0 spiro atoms. The van der Waals surface area contributed by atoms with E-state index in [2.05, 4.69) is 15.3 Å². The number of hydrogen-bond acceptors (Lipinski definition) is 5. The number of fused-ring (bicyclic) bond motifs is 1. The largest absolute Gasteiger partial charge is 0.475 e. The van der Waals surface area contributed by atoms with Gasteiger partial charge in [0.05, 0.1) is 6.61 Å². The first-order valence-electron chi connectivity index (χ1n) is 11.0. The maximum absolute atomic E-state index is 12.6. The SMILES string of the molecule is COCCOc1cc(-c2ccc(C(=O)NCCc3ccc4[nH]cc(C(=N)N)c4c3)cc2)ccn1. The number of nitrogens with two attached hydrogens (primary N) is 1. The van der Waals surface area contributed by atoms with Crippen molar-refractivity contribution in [2.45, 2.75) is 6.42 Å². The third-order valence-corrected chi connectivity index (χ3v) is 5.49. The maximum Gasteiger partial charge on any atom is 0.251 e. The number of pyridine rings is 1. The lowest BCUT2D eigenvalue weighted by Gasteiger charge is -2.09. The topological polar surface area (TPSA) is 126 Å². The van der Waals surface area contributed by atoms with Crippen molar-refractivity contribution in [1.82, 2.24) is 15.3 Å². The number of methoxy groups -OCH3 is 1. The quantitative estimate of drug-likeness (QED) is 0.165. The average molecular weight is 458 g/mol. The maximum atomic E-state index is 12.6. The van der Waals surface area contributed by atoms with Gasteiger partial charge < -0.3 is 25.5 Å². The van der Waals surface area contributed by atoms with Gasteiger partial charge in [0.2, 0.25) is 5.88 Å². The van der Waals surface area contributed by atoms with Crippen LogP contribution in [0.1, 0.15) is 21.5 Å². The minimum Gasteiger partial charge on any atom is -0.475 e. The van der Waals surface area contributed by atoms with Gasteiger partial charge in [0.15, 0.2) is 0 Å². The van der Waals surface area contributed by atoms with Crippen molar-refractivity contribution in [3.63, 3.8) is 0 Å². The van der Waals surface area contributed by atoms with E-state index in [0.29, 0.717) is 43.2 Å². The number of aromatic amines is 1. The fraction of sp³-hybridized carbons (Fsp3) is 0.192. The van der Waals surface area contributed by atoms with Crippen molar-refractivity contribution in [1.29, 1.82) is 5.41 Å². The highest BCUT2D eigenvalue weighted by Gasteiger charge is 2.09. The van der Waals surface area contributed by atoms with E-state index >= 15 is 0 Å². The van der Waals surface area contributed by atoms with E-state index in [1.54, 1.807) is 19.5 Å². The van der Waals surface area contributed by atoms with E-state index in [-0.39, 0.29) is 11.7 Å². The molecular formula is C26H27N5O3. The fourth-order valence-electron chi connectivity index (χ4n) is 3.68. The Bertz CT molecular complexity index is 1300. The van der Waals surface area contributed by atoms with Crippen LogP contribution in [0.2, 0.25) is 0 Å². The van der Waals surface area contributed by atoms with Crippen LogP contribution < -0.4 is 15.8 Å². The summed E-state index contributed by atoms with van der Waals surface area (Å²) >= 11 is 0. The molecule has 0 aliphatic rings. The van der Waals surface area contributed by atoms with Gasteiger partial charge in [0, 0.05) is 54.1 Å². The number of nitrogens with one attached hydrogen (secondary N) is 3. The first-order valence-corrected chi connectivity index (χ1v) is 11.0. The van der Waals surface area contributed by atoms with Crippen LogP contribution in [0.4, 0.5) is 0 Å². The number of amidine groups is 1. The zero-order valence-corrected chi connectivity index (χ0v) is 18.9. The van der Waals surface area contributed by atoms with Crippen LogP contribution in [0.25, 0.3) is 22.0 Å². The molecule has 2 heterocycles. The van der Waals surface area contributed by atoms with E-state index in [0.717, 1.165) is 27.6 Å². The highest BCUT2D eigenvalue weighted by Crippen LogP contribution is 2.23. The minimum absolute atomic E-state index is 0.0294. The van der Waals surface area contributed by atoms with Gasteiger partial charge in [0.25, 0.3) is 5.91 Å². The number of rotatable bonds is 10. The van der Waals surface area contributed by atoms with Crippen LogP contribution >= 0.6 is 0 Å². The smallest absolute Gasteiger partial charge is 0.251 e. The fourth-order valence-corrected chi connectivity index (χ4v) is 3.68. The van der Waals surface area contributed by atoms with E-state index < -0.39 is 0 Å². The van der Waals surface area contributed by atoms with Crippen LogP contribution in [-0.2, 0) is 11.2 Å². The van der Waals surface area contributed by atoms with Crippen molar-refractivity contribution in [2.75, 3.05) is 26.9 Å². The summed E-state index contributed by atoms with van der Waals surface area (Å²) in [6, 6.07) is 17.2. The Balaban J connectivity index is 1.34. The van der Waals surface area contributed by atoms with E-state index in [1.807, 2.05) is 54.6 Å². The third-order valence-electron chi connectivity index (χ3n) is 5.49. The van der Waals surface area contributed by atoms with Crippen LogP contribution in [0.3, 0.4) is 0 Å². The molecule has 0 saturated heterocycles. The van der Waals surface area contributed by atoms with Crippen LogP contribution in [-0.4, -0.2) is 48.6 Å². The van der Waals surface area contributed by atoms with Crippen molar-refractivity contribution in [2.24, 2.45) is 5.73 Å². The summed E-state index contributed by atoms with van der Waals surface area (Å²) in [4.78, 5) is 19.9. The van der Waals surface area contributed by atoms with Gasteiger partial charge in [0.1, 0.15) is 12.4 Å². The van der Waals surface area contributed by atoms with E-state index in [9.17, 15) is 4.79 Å². The molecule has 0 aliphatic carbocycles. The van der Waals surface area contributed by atoms with Gasteiger partial charge in [-0.25, -0.2) is 4.98 Å². The zero-order chi connectivity index (χ0) is 23.9. The predicted octanol–water partition coefficient (Wildman–Crippen LogP) is 3.51. The Kier molecular flexibility index (Phi) is 7.19. The Morgan fingerprint density at radius 3 is 2.68 bits per heavy atom. The third kappa shape index (κ3) is 5.41. The monoisotopic (exact) mass is 457 g/mol. The lowest BCUT2D eigenvalue weighted by atomic mass is 10.0. The predicted molar refractivity (Wildman–Crippen MR) is 132 cm³/mol. The standard InChI is InChI=1S/C26H27N5O3/c1-33-12-13-34-24-15-20(9-11-29-24)18-3-5-19(6-4-18)26(32)30-10-8-17-2-7-23-21(14-17)22(16-31-23)25(27)28/h2-7,9,11,14-16,31H,8,10,12-13H2,1H3,(H3,27,28)(H,30,32). The number of carbonyl (C=O) groups excluding carboxylic acids is 1. The molecule has 8 nitrogen and oxygen atoms in total. The molecule has 0 atom stereocenters. The molecule has 0 bridgehead atoms. The average Bonchev–Trinajstić information content (AvgIpc) is 3.28. The molecule has 0 radical (unpaired) electrons. The number of nitrogens with zero attached hydrogens (tertiary/aromatic N) is 1. The normalized spacial score (nSPS) is 10.9. The Hall–Kier alpha value is -4.17. The summed E-state index contributed by atoms with van der Waals surface area (Å²) in [7, 11) is 1.62. The molecule has 2 aromatic carbocycles. The molecule has 1 amide bonds. The lowest BCUT2D eigenvalue weighted by molar-refractivity contribution is 0.0954. The highest BCUT2D eigenvalue weighted by molar-refractivity contribution is 6.07. The summed E-state index contributed by atoms with van der Waals surface area (Å²) < 4.78 is 10.6. The van der Waals surface area contributed by atoms with Crippen LogP contribution in [0, 0.1) is 5.41 Å². The molecule has 0 fully saturated rings. The van der Waals surface area contributed by atoms with Gasteiger partial charge in [-0.1, -0.05) is 18.2 Å². The lowest BCUT2D eigenvalue weighted by Crippen LogP contribution is -2.25. The molecule has 2 aromatic heterocycles. The molecule has 34 heavy (non-hydrogen) atoms. The Morgan fingerprint density at radius 1 is 1.09 bits per heavy atom. The first kappa shape index (κ1) is 23.0. The van der Waals surface area contributed by atoms with Gasteiger partial charge in [-0.3, -0.25) is 10.2 Å². The summed E-state index contributed by atoms with van der Waals surface area (Å²) in [5.74, 6) is 0.434.